The fourth-order valence-electron chi connectivity index (χ4n) is 1.25. The van der Waals surface area contributed by atoms with Crippen molar-refractivity contribution >= 4 is 17.7 Å². The average molecular weight is 242 g/mol. The van der Waals surface area contributed by atoms with E-state index in [1.807, 2.05) is 0 Å². The summed E-state index contributed by atoms with van der Waals surface area (Å²) in [7, 11) is 0. The average Bonchev–Trinajstić information content (AvgIpc) is 2.30. The van der Waals surface area contributed by atoms with E-state index in [0.29, 0.717) is 12.6 Å². The molecular formula is C12H22N2OS. The summed E-state index contributed by atoms with van der Waals surface area (Å²) in [6, 6.07) is 0.310. The first-order chi connectivity index (χ1) is 7.74. The highest BCUT2D eigenvalue weighted by Gasteiger charge is 2.06. The fourth-order valence-corrected chi connectivity index (χ4v) is 1.80. The molecule has 1 amide bonds. The van der Waals surface area contributed by atoms with E-state index < -0.39 is 0 Å². The zero-order valence-corrected chi connectivity index (χ0v) is 11.0. The Morgan fingerprint density at radius 1 is 1.44 bits per heavy atom. The van der Waals surface area contributed by atoms with E-state index >= 15 is 0 Å². The predicted octanol–water partition coefficient (Wildman–Crippen LogP) is 1.25. The van der Waals surface area contributed by atoms with Gasteiger partial charge in [-0.2, -0.15) is 0 Å². The smallest absolute Gasteiger partial charge is 0.234 e. The van der Waals surface area contributed by atoms with Crippen LogP contribution in [0.5, 0.6) is 0 Å². The molecule has 0 aromatic heterocycles. The van der Waals surface area contributed by atoms with Gasteiger partial charge in [0.25, 0.3) is 0 Å². The van der Waals surface area contributed by atoms with Gasteiger partial charge >= 0.3 is 0 Å². The van der Waals surface area contributed by atoms with E-state index in [2.05, 4.69) is 30.4 Å². The monoisotopic (exact) mass is 242 g/mol. The van der Waals surface area contributed by atoms with Crippen LogP contribution < -0.4 is 10.6 Å². The van der Waals surface area contributed by atoms with Crippen molar-refractivity contribution in [2.75, 3.05) is 24.6 Å². The summed E-state index contributed by atoms with van der Waals surface area (Å²) in [4.78, 5) is 11.4. The van der Waals surface area contributed by atoms with Crippen molar-refractivity contribution < 1.29 is 4.79 Å². The number of nitrogens with one attached hydrogen (secondary N) is 2. The van der Waals surface area contributed by atoms with Gasteiger partial charge in [0, 0.05) is 18.3 Å². The summed E-state index contributed by atoms with van der Waals surface area (Å²) < 4.78 is 0. The van der Waals surface area contributed by atoms with Crippen LogP contribution in [0.2, 0.25) is 0 Å². The van der Waals surface area contributed by atoms with Crippen LogP contribution in [0, 0.1) is 12.3 Å². The molecule has 0 rings (SSSR count). The van der Waals surface area contributed by atoms with Crippen LogP contribution in [0.3, 0.4) is 0 Å². The first-order valence-corrected chi connectivity index (χ1v) is 6.91. The third-order valence-corrected chi connectivity index (χ3v) is 3.11. The Morgan fingerprint density at radius 2 is 2.12 bits per heavy atom. The van der Waals surface area contributed by atoms with Crippen molar-refractivity contribution in [2.45, 2.75) is 32.7 Å². The molecule has 0 aliphatic rings. The summed E-state index contributed by atoms with van der Waals surface area (Å²) in [5.74, 6) is 4.33. The highest BCUT2D eigenvalue weighted by Crippen LogP contribution is 1.96. The maximum atomic E-state index is 11.4. The molecule has 0 spiro atoms. The molecule has 3 nitrogen and oxygen atoms in total. The van der Waals surface area contributed by atoms with Crippen LogP contribution in [-0.4, -0.2) is 36.5 Å². The van der Waals surface area contributed by atoms with E-state index in [9.17, 15) is 4.79 Å². The molecule has 0 aromatic carbocycles. The molecule has 0 fully saturated rings. The van der Waals surface area contributed by atoms with Crippen LogP contribution in [0.25, 0.3) is 0 Å². The molecule has 0 atom stereocenters. The van der Waals surface area contributed by atoms with Gasteiger partial charge in [-0.1, -0.05) is 19.8 Å². The largest absolute Gasteiger partial charge is 0.352 e. The predicted molar refractivity (Wildman–Crippen MR) is 71.5 cm³/mol. The lowest BCUT2D eigenvalue weighted by Crippen LogP contribution is -2.40. The highest BCUT2D eigenvalue weighted by atomic mass is 32.2. The van der Waals surface area contributed by atoms with Gasteiger partial charge < -0.3 is 10.6 Å². The molecule has 0 saturated heterocycles. The second-order valence-electron chi connectivity index (χ2n) is 3.51. The molecule has 0 heterocycles. The zero-order valence-electron chi connectivity index (χ0n) is 10.2. The fraction of sp³-hybridized carbons (Fsp3) is 0.750. The number of thioether (sulfide) groups is 1. The first-order valence-electron chi connectivity index (χ1n) is 5.75. The summed E-state index contributed by atoms with van der Waals surface area (Å²) in [5.41, 5.74) is 0. The Hall–Kier alpha value is -0.660. The van der Waals surface area contributed by atoms with Gasteiger partial charge in [0.2, 0.25) is 5.91 Å². The Kier molecular flexibility index (Phi) is 10.4. The van der Waals surface area contributed by atoms with Crippen LogP contribution in [0.4, 0.5) is 0 Å². The van der Waals surface area contributed by atoms with Gasteiger partial charge in [0.1, 0.15) is 0 Å². The second-order valence-corrected chi connectivity index (χ2v) is 4.62. The second kappa shape index (κ2) is 10.8. The molecule has 0 bridgehead atoms. The number of hydrogen-bond acceptors (Lipinski definition) is 3. The third-order valence-electron chi connectivity index (χ3n) is 2.24. The van der Waals surface area contributed by atoms with Gasteiger partial charge in [-0.05, 0) is 12.8 Å². The Morgan fingerprint density at radius 3 is 2.69 bits per heavy atom. The van der Waals surface area contributed by atoms with Crippen molar-refractivity contribution in [3.8, 4) is 12.3 Å². The van der Waals surface area contributed by atoms with E-state index in [-0.39, 0.29) is 5.91 Å². The van der Waals surface area contributed by atoms with Crippen molar-refractivity contribution in [3.05, 3.63) is 0 Å². The van der Waals surface area contributed by atoms with Crippen molar-refractivity contribution in [1.29, 1.82) is 0 Å². The summed E-state index contributed by atoms with van der Waals surface area (Å²) in [6.45, 7) is 5.38. The molecule has 0 unspecified atom stereocenters. The Balaban J connectivity index is 3.40. The SMILES string of the molecule is C#CCSCCNCC(=O)NC(CC)CC. The van der Waals surface area contributed by atoms with E-state index in [1.54, 1.807) is 11.8 Å². The molecule has 0 aliphatic carbocycles. The number of terminal acetylenes is 1. The van der Waals surface area contributed by atoms with Crippen molar-refractivity contribution in [1.82, 2.24) is 10.6 Å². The van der Waals surface area contributed by atoms with Crippen LogP contribution in [0.1, 0.15) is 26.7 Å². The number of hydrogen-bond donors (Lipinski definition) is 2. The molecule has 0 aromatic rings. The molecular weight excluding hydrogens is 220 g/mol. The van der Waals surface area contributed by atoms with Gasteiger partial charge in [-0.25, -0.2) is 0 Å². The number of carbonyl (C=O) groups excluding carboxylic acids is 1. The summed E-state index contributed by atoms with van der Waals surface area (Å²) in [5, 5.41) is 6.07. The molecule has 0 saturated carbocycles. The van der Waals surface area contributed by atoms with Crippen molar-refractivity contribution in [3.63, 3.8) is 0 Å². The quantitative estimate of drug-likeness (QED) is 0.472. The maximum absolute atomic E-state index is 11.4. The summed E-state index contributed by atoms with van der Waals surface area (Å²) in [6.07, 6.45) is 7.09. The third kappa shape index (κ3) is 8.63. The topological polar surface area (TPSA) is 41.1 Å². The lowest BCUT2D eigenvalue weighted by molar-refractivity contribution is -0.120. The minimum absolute atomic E-state index is 0.0793. The molecule has 0 radical (unpaired) electrons. The summed E-state index contributed by atoms with van der Waals surface area (Å²) >= 11 is 1.70. The normalized spacial score (nSPS) is 10.1. The lowest BCUT2D eigenvalue weighted by Gasteiger charge is -2.14. The minimum atomic E-state index is 0.0793. The molecule has 0 aliphatic heterocycles. The van der Waals surface area contributed by atoms with E-state index in [1.165, 1.54) is 0 Å². The molecule has 4 heteroatoms. The number of rotatable bonds is 9. The highest BCUT2D eigenvalue weighted by molar-refractivity contribution is 7.99. The van der Waals surface area contributed by atoms with Gasteiger partial charge in [-0.3, -0.25) is 4.79 Å². The number of amides is 1. The lowest BCUT2D eigenvalue weighted by atomic mass is 10.2. The van der Waals surface area contributed by atoms with Crippen molar-refractivity contribution in [2.24, 2.45) is 0 Å². The minimum Gasteiger partial charge on any atom is -0.352 e. The Bertz CT molecular complexity index is 222. The van der Waals surface area contributed by atoms with Gasteiger partial charge in [-0.15, -0.1) is 18.2 Å². The maximum Gasteiger partial charge on any atom is 0.234 e. The van der Waals surface area contributed by atoms with Gasteiger partial charge in [0.15, 0.2) is 0 Å². The molecule has 2 N–H and O–H groups in total. The zero-order chi connectivity index (χ0) is 12.2. The standard InChI is InChI=1S/C12H22N2OS/c1-4-8-16-9-7-13-10-12(15)14-11(5-2)6-3/h1,11,13H,5-10H2,2-3H3,(H,14,15). The van der Waals surface area contributed by atoms with Gasteiger partial charge in [0.05, 0.1) is 12.3 Å². The van der Waals surface area contributed by atoms with Crippen LogP contribution in [-0.2, 0) is 4.79 Å². The molecule has 16 heavy (non-hydrogen) atoms. The van der Waals surface area contributed by atoms with E-state index in [0.717, 1.165) is 30.9 Å². The first kappa shape index (κ1) is 15.3. The van der Waals surface area contributed by atoms with E-state index in [4.69, 9.17) is 6.42 Å². The van der Waals surface area contributed by atoms with Crippen LogP contribution >= 0.6 is 11.8 Å². The molecule has 92 valence electrons. The Labute approximate surface area is 103 Å². The van der Waals surface area contributed by atoms with Crippen LogP contribution in [0.15, 0.2) is 0 Å². The number of carbonyl (C=O) groups is 1.